The highest BCUT2D eigenvalue weighted by molar-refractivity contribution is 5.97. The molecule has 0 radical (unpaired) electrons. The first-order chi connectivity index (χ1) is 14.3. The van der Waals surface area contributed by atoms with Crippen molar-refractivity contribution in [1.29, 1.82) is 5.26 Å². The zero-order valence-corrected chi connectivity index (χ0v) is 16.3. The number of aliphatic imine (C=N–C) groups is 1. The number of amidine groups is 1. The molecule has 2 aliphatic rings. The maximum atomic E-state index is 14.7. The standard InChI is InChI=1S/C22H19F3N4O/c1-11-2-13(8-26)9-28-21(11)18(30)5-12-3-16(20(25)17(24)4-12)22(10-23)15-6-14(15)7-19(27)29-22/h2-4,9,14-15H,5-7,10H2,1H3,(H2,27,29)/t14-,15-,22+/m1/s1. The Kier molecular flexibility index (Phi) is 4.85. The van der Waals surface area contributed by atoms with Crippen LogP contribution in [0.3, 0.4) is 0 Å². The number of hydrogen-bond donors (Lipinski definition) is 1. The minimum absolute atomic E-state index is 0.108. The number of nitrogens with zero attached hydrogens (tertiary/aromatic N) is 3. The molecular weight excluding hydrogens is 393 g/mol. The molecule has 0 bridgehead atoms. The molecule has 1 fully saturated rings. The quantitative estimate of drug-likeness (QED) is 0.761. The number of alkyl halides is 1. The van der Waals surface area contributed by atoms with Crippen LogP contribution in [0.15, 0.2) is 29.4 Å². The number of ketones is 1. The average molecular weight is 412 g/mol. The maximum absolute atomic E-state index is 14.7. The van der Waals surface area contributed by atoms with Crippen LogP contribution in [0.25, 0.3) is 0 Å². The van der Waals surface area contributed by atoms with Gasteiger partial charge in [-0.1, -0.05) is 0 Å². The molecule has 0 spiro atoms. The smallest absolute Gasteiger partial charge is 0.185 e. The highest BCUT2D eigenvalue weighted by Crippen LogP contribution is 2.58. The van der Waals surface area contributed by atoms with E-state index >= 15 is 0 Å². The minimum Gasteiger partial charge on any atom is -0.387 e. The van der Waals surface area contributed by atoms with Crippen molar-refractivity contribution in [2.45, 2.75) is 31.7 Å². The predicted octanol–water partition coefficient (Wildman–Crippen LogP) is 3.53. The van der Waals surface area contributed by atoms with E-state index in [9.17, 15) is 18.0 Å². The molecule has 2 N–H and O–H groups in total. The molecule has 1 aliphatic carbocycles. The first kappa shape index (κ1) is 20.1. The monoisotopic (exact) mass is 412 g/mol. The number of hydrogen-bond acceptors (Lipinski definition) is 5. The van der Waals surface area contributed by atoms with Crippen molar-refractivity contribution in [1.82, 2.24) is 4.98 Å². The second kappa shape index (κ2) is 7.24. The Bertz CT molecular complexity index is 1120. The summed E-state index contributed by atoms with van der Waals surface area (Å²) in [5.41, 5.74) is 5.25. The molecule has 1 aromatic heterocycles. The third-order valence-electron chi connectivity index (χ3n) is 5.94. The normalized spacial score (nSPS) is 24.6. The van der Waals surface area contributed by atoms with Crippen LogP contribution in [0.2, 0.25) is 0 Å². The molecule has 1 aromatic carbocycles. The molecule has 30 heavy (non-hydrogen) atoms. The van der Waals surface area contributed by atoms with E-state index in [1.807, 2.05) is 6.07 Å². The van der Waals surface area contributed by atoms with E-state index in [1.165, 1.54) is 18.3 Å². The summed E-state index contributed by atoms with van der Waals surface area (Å²) in [6, 6.07) is 5.71. The zero-order chi connectivity index (χ0) is 21.6. The van der Waals surface area contributed by atoms with Crippen LogP contribution >= 0.6 is 0 Å². The number of aromatic nitrogens is 1. The van der Waals surface area contributed by atoms with Gasteiger partial charge in [0.15, 0.2) is 17.4 Å². The number of aryl methyl sites for hydroxylation is 1. The van der Waals surface area contributed by atoms with E-state index in [0.29, 0.717) is 24.0 Å². The van der Waals surface area contributed by atoms with Gasteiger partial charge in [-0.05, 0) is 54.5 Å². The molecule has 154 valence electrons. The van der Waals surface area contributed by atoms with Crippen LogP contribution in [0.1, 0.15) is 45.6 Å². The first-order valence-electron chi connectivity index (χ1n) is 9.57. The fourth-order valence-electron chi connectivity index (χ4n) is 4.43. The van der Waals surface area contributed by atoms with Gasteiger partial charge in [0.2, 0.25) is 0 Å². The summed E-state index contributed by atoms with van der Waals surface area (Å²) < 4.78 is 43.4. The van der Waals surface area contributed by atoms with Crippen LogP contribution in [0.5, 0.6) is 0 Å². The summed E-state index contributed by atoms with van der Waals surface area (Å²) in [6.07, 6.45) is 2.20. The largest absolute Gasteiger partial charge is 0.387 e. The highest BCUT2D eigenvalue weighted by Gasteiger charge is 2.57. The number of fused-ring (bicyclic) bond motifs is 1. The SMILES string of the molecule is Cc1cc(C#N)cnc1C(=O)Cc1cc(F)c(F)c([C@@]2(CF)N=C(N)C[C@H]3C[C@H]32)c1. The predicted molar refractivity (Wildman–Crippen MR) is 104 cm³/mol. The Hall–Kier alpha value is -3.21. The number of halogens is 3. The molecule has 3 atom stereocenters. The number of carbonyl (C=O) groups excluding carboxylic acids is 1. The topological polar surface area (TPSA) is 92.1 Å². The molecule has 2 aromatic rings. The third kappa shape index (κ3) is 3.24. The highest BCUT2D eigenvalue weighted by atomic mass is 19.2. The summed E-state index contributed by atoms with van der Waals surface area (Å²) in [6.45, 7) is 0.640. The summed E-state index contributed by atoms with van der Waals surface area (Å²) in [7, 11) is 0. The molecule has 4 rings (SSSR count). The summed E-state index contributed by atoms with van der Waals surface area (Å²) in [4.78, 5) is 21.0. The number of benzene rings is 1. The lowest BCUT2D eigenvalue weighted by atomic mass is 9.82. The van der Waals surface area contributed by atoms with Crippen LogP contribution in [0, 0.1) is 41.7 Å². The van der Waals surface area contributed by atoms with Crippen LogP contribution in [-0.2, 0) is 12.0 Å². The Balaban J connectivity index is 1.72. The van der Waals surface area contributed by atoms with Gasteiger partial charge in [0.25, 0.3) is 0 Å². The number of Topliss-reactive ketones (excluding diaryl/α,β-unsaturated/α-hetero) is 1. The lowest BCUT2D eigenvalue weighted by Crippen LogP contribution is -2.38. The number of rotatable bonds is 5. The number of nitrogens with two attached hydrogens (primary N) is 1. The van der Waals surface area contributed by atoms with Crippen molar-refractivity contribution in [3.63, 3.8) is 0 Å². The molecule has 0 saturated heterocycles. The van der Waals surface area contributed by atoms with Crippen LogP contribution in [0.4, 0.5) is 13.2 Å². The third-order valence-corrected chi connectivity index (χ3v) is 5.94. The van der Waals surface area contributed by atoms with E-state index in [0.717, 1.165) is 6.07 Å². The molecule has 8 heteroatoms. The second-order valence-electron chi connectivity index (χ2n) is 8.01. The van der Waals surface area contributed by atoms with E-state index in [1.54, 1.807) is 6.92 Å². The molecule has 0 amide bonds. The van der Waals surface area contributed by atoms with E-state index in [2.05, 4.69) is 9.98 Å². The fourth-order valence-corrected chi connectivity index (χ4v) is 4.43. The van der Waals surface area contributed by atoms with Gasteiger partial charge in [-0.3, -0.25) is 14.8 Å². The summed E-state index contributed by atoms with van der Waals surface area (Å²) in [5.74, 6) is -2.65. The maximum Gasteiger partial charge on any atom is 0.185 e. The molecule has 0 unspecified atom stereocenters. The summed E-state index contributed by atoms with van der Waals surface area (Å²) in [5, 5.41) is 8.93. The zero-order valence-electron chi connectivity index (χ0n) is 16.3. The van der Waals surface area contributed by atoms with Gasteiger partial charge in [-0.25, -0.2) is 13.2 Å². The van der Waals surface area contributed by atoms with E-state index < -0.39 is 29.6 Å². The minimum atomic E-state index is -1.56. The van der Waals surface area contributed by atoms with Gasteiger partial charge in [0.05, 0.1) is 11.4 Å². The second-order valence-corrected chi connectivity index (χ2v) is 8.01. The van der Waals surface area contributed by atoms with E-state index in [-0.39, 0.29) is 40.9 Å². The van der Waals surface area contributed by atoms with Crippen molar-refractivity contribution in [3.8, 4) is 6.07 Å². The fraction of sp³-hybridized carbons (Fsp3) is 0.364. The van der Waals surface area contributed by atoms with Gasteiger partial charge in [-0.2, -0.15) is 5.26 Å². The molecular formula is C22H19F3N4O. The number of carbonyl (C=O) groups is 1. The lowest BCUT2D eigenvalue weighted by Gasteiger charge is -2.32. The van der Waals surface area contributed by atoms with Gasteiger partial charge in [0, 0.05) is 24.6 Å². The van der Waals surface area contributed by atoms with Crippen molar-refractivity contribution in [2.24, 2.45) is 22.6 Å². The van der Waals surface area contributed by atoms with Crippen molar-refractivity contribution in [3.05, 3.63) is 64.0 Å². The van der Waals surface area contributed by atoms with Crippen LogP contribution in [-0.4, -0.2) is 23.3 Å². The molecule has 1 saturated carbocycles. The Morgan fingerprint density at radius 2 is 2.13 bits per heavy atom. The average Bonchev–Trinajstić information content (AvgIpc) is 3.49. The Morgan fingerprint density at radius 3 is 2.80 bits per heavy atom. The Labute approximate surface area is 171 Å². The van der Waals surface area contributed by atoms with Crippen molar-refractivity contribution >= 4 is 11.6 Å². The van der Waals surface area contributed by atoms with Crippen molar-refractivity contribution in [2.75, 3.05) is 6.67 Å². The Morgan fingerprint density at radius 1 is 1.37 bits per heavy atom. The number of nitriles is 1. The first-order valence-corrected chi connectivity index (χ1v) is 9.57. The van der Waals surface area contributed by atoms with Gasteiger partial charge < -0.3 is 5.73 Å². The van der Waals surface area contributed by atoms with Crippen molar-refractivity contribution < 1.29 is 18.0 Å². The lowest BCUT2D eigenvalue weighted by molar-refractivity contribution is 0.0987. The molecule has 5 nitrogen and oxygen atoms in total. The van der Waals surface area contributed by atoms with E-state index in [4.69, 9.17) is 11.0 Å². The van der Waals surface area contributed by atoms with Gasteiger partial charge in [0.1, 0.15) is 24.0 Å². The van der Waals surface area contributed by atoms with Gasteiger partial charge in [-0.15, -0.1) is 0 Å². The number of pyridine rings is 1. The van der Waals surface area contributed by atoms with Gasteiger partial charge >= 0.3 is 0 Å². The van der Waals surface area contributed by atoms with Crippen LogP contribution < -0.4 is 5.73 Å². The molecule has 1 aliphatic heterocycles. The molecule has 2 heterocycles. The summed E-state index contributed by atoms with van der Waals surface area (Å²) >= 11 is 0.